The summed E-state index contributed by atoms with van der Waals surface area (Å²) in [6.45, 7) is 5.76. The number of unbranched alkanes of at least 4 members (excludes halogenated alkanes) is 10. The number of imidazole rings is 1. The quantitative estimate of drug-likeness (QED) is 0.313. The average molecular weight is 308 g/mol. The van der Waals surface area contributed by atoms with E-state index in [1.807, 2.05) is 0 Å². The van der Waals surface area contributed by atoms with Gasteiger partial charge in [0.1, 0.15) is 12.4 Å². The second-order valence-electron chi connectivity index (χ2n) is 6.80. The van der Waals surface area contributed by atoms with E-state index in [-0.39, 0.29) is 0 Å². The first-order valence-corrected chi connectivity index (χ1v) is 9.83. The summed E-state index contributed by atoms with van der Waals surface area (Å²) in [5, 5.41) is 0. The highest BCUT2D eigenvalue weighted by molar-refractivity contribution is 4.83. The molecule has 128 valence electrons. The molecule has 22 heavy (non-hydrogen) atoms. The molecule has 0 saturated carbocycles. The number of aryl methyl sites for hydroxylation is 2. The van der Waals surface area contributed by atoms with Crippen LogP contribution in [0.1, 0.15) is 96.7 Å². The Hall–Kier alpha value is -0.790. The molecule has 1 rings (SSSR count). The summed E-state index contributed by atoms with van der Waals surface area (Å²) in [4.78, 5) is 0. The van der Waals surface area contributed by atoms with E-state index < -0.39 is 0 Å². The summed E-state index contributed by atoms with van der Waals surface area (Å²) in [5.41, 5.74) is 0. The van der Waals surface area contributed by atoms with E-state index in [4.69, 9.17) is 0 Å². The van der Waals surface area contributed by atoms with Gasteiger partial charge in [0.2, 0.25) is 0 Å². The third-order valence-electron chi connectivity index (χ3n) is 4.69. The third-order valence-corrected chi connectivity index (χ3v) is 4.69. The van der Waals surface area contributed by atoms with E-state index >= 15 is 0 Å². The van der Waals surface area contributed by atoms with Crippen LogP contribution in [0.4, 0.5) is 0 Å². The van der Waals surface area contributed by atoms with Gasteiger partial charge in [-0.2, -0.15) is 0 Å². The summed E-state index contributed by atoms with van der Waals surface area (Å²) in [7, 11) is 2.17. The molecule has 0 fully saturated rings. The fourth-order valence-electron chi connectivity index (χ4n) is 3.25. The fraction of sp³-hybridized carbons (Fsp3) is 0.850. The number of nitrogens with zero attached hydrogens (tertiary/aromatic N) is 2. The first kappa shape index (κ1) is 19.3. The molecule has 0 aliphatic carbocycles. The molecular formula is C20H39N2+. The Morgan fingerprint density at radius 1 is 0.773 bits per heavy atom. The van der Waals surface area contributed by atoms with Crippen LogP contribution in [0.15, 0.2) is 12.4 Å². The lowest BCUT2D eigenvalue weighted by Crippen LogP contribution is -2.32. The standard InChI is InChI=1S/C20H39N2/c1-4-6-7-8-9-10-11-12-13-14-15-17-22-19-18-21(3)20(22)16-5-2/h18-19H,4-17H2,1-3H3/q+1. The van der Waals surface area contributed by atoms with Gasteiger partial charge in [-0.3, -0.25) is 0 Å². The van der Waals surface area contributed by atoms with Crippen molar-refractivity contribution in [3.63, 3.8) is 0 Å². The molecule has 1 heterocycles. The summed E-state index contributed by atoms with van der Waals surface area (Å²) in [6.07, 6.45) is 22.5. The Labute approximate surface area is 138 Å². The summed E-state index contributed by atoms with van der Waals surface area (Å²) < 4.78 is 4.74. The molecule has 0 aromatic carbocycles. The molecule has 0 atom stereocenters. The van der Waals surface area contributed by atoms with Gasteiger partial charge >= 0.3 is 0 Å². The number of hydrogen-bond acceptors (Lipinski definition) is 0. The molecule has 1 aromatic heterocycles. The minimum absolute atomic E-state index is 1.20. The van der Waals surface area contributed by atoms with Crippen LogP contribution in [0.3, 0.4) is 0 Å². The molecule has 0 saturated heterocycles. The zero-order valence-corrected chi connectivity index (χ0v) is 15.4. The molecule has 0 spiro atoms. The van der Waals surface area contributed by atoms with Crippen molar-refractivity contribution in [3.05, 3.63) is 18.2 Å². The molecule has 0 aliphatic heterocycles. The molecule has 0 N–H and O–H groups in total. The maximum atomic E-state index is 2.46. The van der Waals surface area contributed by atoms with Gasteiger partial charge < -0.3 is 0 Å². The first-order valence-electron chi connectivity index (χ1n) is 9.83. The molecule has 0 radical (unpaired) electrons. The molecule has 0 aliphatic rings. The highest BCUT2D eigenvalue weighted by Crippen LogP contribution is 2.12. The van der Waals surface area contributed by atoms with E-state index in [2.05, 4.69) is 42.4 Å². The second-order valence-corrected chi connectivity index (χ2v) is 6.80. The Morgan fingerprint density at radius 2 is 1.32 bits per heavy atom. The fourth-order valence-corrected chi connectivity index (χ4v) is 3.25. The van der Waals surface area contributed by atoms with Gasteiger partial charge in [-0.05, 0) is 19.3 Å². The Bertz CT molecular complexity index is 368. The van der Waals surface area contributed by atoms with Gasteiger partial charge in [0, 0.05) is 6.42 Å². The van der Waals surface area contributed by atoms with Gasteiger partial charge in [0.05, 0.1) is 13.6 Å². The van der Waals surface area contributed by atoms with Gasteiger partial charge in [0.15, 0.2) is 0 Å². The summed E-state index contributed by atoms with van der Waals surface area (Å²) in [6, 6.07) is 0. The van der Waals surface area contributed by atoms with Crippen LogP contribution >= 0.6 is 0 Å². The lowest BCUT2D eigenvalue weighted by Gasteiger charge is -2.03. The normalized spacial score (nSPS) is 11.2. The molecule has 1 aromatic rings. The lowest BCUT2D eigenvalue weighted by molar-refractivity contribution is -0.678. The van der Waals surface area contributed by atoms with Crippen LogP contribution in [0.5, 0.6) is 0 Å². The molecule has 2 heteroatoms. The van der Waals surface area contributed by atoms with Gasteiger partial charge in [-0.25, -0.2) is 9.13 Å². The van der Waals surface area contributed by atoms with Crippen LogP contribution in [0.2, 0.25) is 0 Å². The molecular weight excluding hydrogens is 268 g/mol. The predicted octanol–water partition coefficient (Wildman–Crippen LogP) is 5.58. The minimum atomic E-state index is 1.20. The van der Waals surface area contributed by atoms with Crippen molar-refractivity contribution in [2.75, 3.05) is 0 Å². The van der Waals surface area contributed by atoms with E-state index in [1.54, 1.807) is 0 Å². The van der Waals surface area contributed by atoms with Crippen LogP contribution in [0, 0.1) is 0 Å². The zero-order valence-electron chi connectivity index (χ0n) is 15.4. The number of rotatable bonds is 14. The van der Waals surface area contributed by atoms with Crippen molar-refractivity contribution < 1.29 is 4.57 Å². The maximum absolute atomic E-state index is 2.46. The maximum Gasteiger partial charge on any atom is 0.256 e. The topological polar surface area (TPSA) is 8.81 Å². The van der Waals surface area contributed by atoms with E-state index in [9.17, 15) is 0 Å². The molecule has 0 unspecified atom stereocenters. The first-order chi connectivity index (χ1) is 10.8. The van der Waals surface area contributed by atoms with Crippen molar-refractivity contribution in [3.8, 4) is 0 Å². The molecule has 2 nitrogen and oxygen atoms in total. The van der Waals surface area contributed by atoms with Crippen LogP contribution in [-0.4, -0.2) is 4.57 Å². The minimum Gasteiger partial charge on any atom is -0.237 e. The summed E-state index contributed by atoms with van der Waals surface area (Å²) in [5.74, 6) is 1.48. The average Bonchev–Trinajstić information content (AvgIpc) is 2.86. The van der Waals surface area contributed by atoms with E-state index in [0.29, 0.717) is 0 Å². The highest BCUT2D eigenvalue weighted by Gasteiger charge is 2.12. The molecule has 0 amide bonds. The Morgan fingerprint density at radius 3 is 1.86 bits per heavy atom. The van der Waals surface area contributed by atoms with Crippen molar-refractivity contribution in [1.82, 2.24) is 4.57 Å². The van der Waals surface area contributed by atoms with Crippen molar-refractivity contribution in [1.29, 1.82) is 0 Å². The largest absolute Gasteiger partial charge is 0.256 e. The predicted molar refractivity (Wildman–Crippen MR) is 96.1 cm³/mol. The Balaban J connectivity index is 1.97. The third kappa shape index (κ3) is 8.00. The second kappa shape index (κ2) is 12.7. The van der Waals surface area contributed by atoms with Crippen molar-refractivity contribution >= 4 is 0 Å². The lowest BCUT2D eigenvalue weighted by atomic mass is 10.1. The SMILES string of the molecule is CCCCCCCCCCCCCn1cc[n+](C)c1CCC. The highest BCUT2D eigenvalue weighted by atomic mass is 15.1. The van der Waals surface area contributed by atoms with Crippen molar-refractivity contribution in [2.45, 2.75) is 104 Å². The zero-order chi connectivity index (χ0) is 16.0. The van der Waals surface area contributed by atoms with E-state index in [1.165, 1.54) is 95.8 Å². The van der Waals surface area contributed by atoms with Crippen LogP contribution in [-0.2, 0) is 20.0 Å². The van der Waals surface area contributed by atoms with Crippen LogP contribution < -0.4 is 4.57 Å². The molecule has 0 bridgehead atoms. The number of hydrogen-bond donors (Lipinski definition) is 0. The van der Waals surface area contributed by atoms with Crippen LogP contribution in [0.25, 0.3) is 0 Å². The van der Waals surface area contributed by atoms with E-state index in [0.717, 1.165) is 0 Å². The summed E-state index contributed by atoms with van der Waals surface area (Å²) >= 11 is 0. The Kier molecular flexibility index (Phi) is 11.1. The number of aromatic nitrogens is 2. The van der Waals surface area contributed by atoms with Gasteiger partial charge in [-0.1, -0.05) is 71.6 Å². The monoisotopic (exact) mass is 307 g/mol. The van der Waals surface area contributed by atoms with Gasteiger partial charge in [-0.15, -0.1) is 0 Å². The van der Waals surface area contributed by atoms with Gasteiger partial charge in [0.25, 0.3) is 5.82 Å². The van der Waals surface area contributed by atoms with Crippen molar-refractivity contribution in [2.24, 2.45) is 7.05 Å². The smallest absolute Gasteiger partial charge is 0.237 e.